The molecule has 0 radical (unpaired) electrons. The van der Waals surface area contributed by atoms with E-state index in [0.29, 0.717) is 10.6 Å². The van der Waals surface area contributed by atoms with Crippen molar-refractivity contribution in [3.63, 3.8) is 0 Å². The number of thiophene rings is 1. The maximum atomic E-state index is 12.4. The fourth-order valence-corrected chi connectivity index (χ4v) is 3.79. The van der Waals surface area contributed by atoms with E-state index in [1.165, 1.54) is 11.3 Å². The number of aryl methyl sites for hydroxylation is 1. The number of ether oxygens (including phenoxy) is 1. The van der Waals surface area contributed by atoms with Gasteiger partial charge in [-0.15, -0.1) is 23.7 Å². The number of carbonyl (C=O) groups is 1. The highest BCUT2D eigenvalue weighted by Gasteiger charge is 2.27. The van der Waals surface area contributed by atoms with Gasteiger partial charge in [-0.05, 0) is 35.7 Å². The van der Waals surface area contributed by atoms with Crippen LogP contribution in [0.3, 0.4) is 0 Å². The Hall–Kier alpha value is -0.300. The third-order valence-corrected chi connectivity index (χ3v) is 5.49. The number of hydrogen-bond donors (Lipinski definition) is 1. The summed E-state index contributed by atoms with van der Waals surface area (Å²) >= 11 is 4.93. The van der Waals surface area contributed by atoms with Crippen LogP contribution >= 0.6 is 39.7 Å². The van der Waals surface area contributed by atoms with Gasteiger partial charge >= 0.3 is 0 Å². The molecule has 1 aromatic heterocycles. The van der Waals surface area contributed by atoms with Gasteiger partial charge in [-0.2, -0.15) is 0 Å². The molecule has 1 amide bonds. The van der Waals surface area contributed by atoms with Crippen molar-refractivity contribution in [3.8, 4) is 5.75 Å². The van der Waals surface area contributed by atoms with Gasteiger partial charge < -0.3 is 15.4 Å². The van der Waals surface area contributed by atoms with Gasteiger partial charge in [-0.25, -0.2) is 0 Å². The second-order valence-corrected chi connectivity index (χ2v) is 6.48. The van der Waals surface area contributed by atoms with E-state index >= 15 is 0 Å². The van der Waals surface area contributed by atoms with Gasteiger partial charge in [0, 0.05) is 24.0 Å². The Morgan fingerprint density at radius 3 is 2.58 bits per heavy atom. The lowest BCUT2D eigenvalue weighted by atomic mass is 10.1. The number of nitrogens with two attached hydrogens (primary N) is 1. The molecule has 0 aliphatic carbocycles. The quantitative estimate of drug-likeness (QED) is 0.872. The summed E-state index contributed by atoms with van der Waals surface area (Å²) in [6, 6.07) is 0.229. The average molecular weight is 370 g/mol. The summed E-state index contributed by atoms with van der Waals surface area (Å²) in [5, 5.41) is 0. The van der Waals surface area contributed by atoms with Crippen molar-refractivity contribution in [3.05, 3.63) is 14.2 Å². The summed E-state index contributed by atoms with van der Waals surface area (Å²) in [5.74, 6) is 0.704. The van der Waals surface area contributed by atoms with Crippen LogP contribution < -0.4 is 10.5 Å². The van der Waals surface area contributed by atoms with Crippen molar-refractivity contribution >= 4 is 45.6 Å². The number of methoxy groups -OCH3 is 1. The SMILES string of the molecule is COc1c(C(=O)N2CCC(N)CC2)sc(C)c1Br.Cl. The minimum atomic E-state index is 0. The lowest BCUT2D eigenvalue weighted by molar-refractivity contribution is 0.0716. The molecule has 0 bridgehead atoms. The summed E-state index contributed by atoms with van der Waals surface area (Å²) in [6.07, 6.45) is 1.75. The van der Waals surface area contributed by atoms with Gasteiger partial charge in [0.15, 0.2) is 5.75 Å². The Kier molecular flexibility index (Phi) is 6.11. The normalized spacial score (nSPS) is 16.1. The molecule has 1 aliphatic heterocycles. The van der Waals surface area contributed by atoms with Crippen molar-refractivity contribution < 1.29 is 9.53 Å². The lowest BCUT2D eigenvalue weighted by Crippen LogP contribution is -2.42. The molecule has 4 nitrogen and oxygen atoms in total. The highest BCUT2D eigenvalue weighted by atomic mass is 79.9. The third kappa shape index (κ3) is 3.42. The highest BCUT2D eigenvalue weighted by Crippen LogP contribution is 2.39. The second-order valence-electron chi connectivity index (χ2n) is 4.46. The largest absolute Gasteiger partial charge is 0.494 e. The van der Waals surface area contributed by atoms with Crippen LogP contribution in [0.15, 0.2) is 4.47 Å². The molecule has 2 N–H and O–H groups in total. The van der Waals surface area contributed by atoms with Gasteiger partial charge in [0.25, 0.3) is 5.91 Å². The predicted molar refractivity (Wildman–Crippen MR) is 83.7 cm³/mol. The Balaban J connectivity index is 0.00000180. The molecule has 7 heteroatoms. The average Bonchev–Trinajstić information content (AvgIpc) is 2.65. The molecular formula is C12H18BrClN2O2S. The molecule has 0 aromatic carbocycles. The van der Waals surface area contributed by atoms with Crippen LogP contribution in [-0.4, -0.2) is 37.0 Å². The number of rotatable bonds is 2. The molecule has 1 saturated heterocycles. The first-order valence-corrected chi connectivity index (χ1v) is 7.53. The summed E-state index contributed by atoms with van der Waals surface area (Å²) < 4.78 is 6.20. The molecule has 1 aliphatic rings. The van der Waals surface area contributed by atoms with E-state index in [1.54, 1.807) is 7.11 Å². The van der Waals surface area contributed by atoms with E-state index in [-0.39, 0.29) is 24.4 Å². The van der Waals surface area contributed by atoms with Crippen molar-refractivity contribution in [2.45, 2.75) is 25.8 Å². The molecule has 2 rings (SSSR count). The van der Waals surface area contributed by atoms with Crippen molar-refractivity contribution in [2.24, 2.45) is 5.73 Å². The Morgan fingerprint density at radius 2 is 2.05 bits per heavy atom. The summed E-state index contributed by atoms with van der Waals surface area (Å²) in [6.45, 7) is 3.44. The monoisotopic (exact) mass is 368 g/mol. The van der Waals surface area contributed by atoms with Gasteiger partial charge in [-0.1, -0.05) is 0 Å². The van der Waals surface area contributed by atoms with E-state index in [9.17, 15) is 4.79 Å². The summed E-state index contributed by atoms with van der Waals surface area (Å²) in [4.78, 5) is 16.0. The first kappa shape index (κ1) is 16.8. The van der Waals surface area contributed by atoms with Crippen LogP contribution in [0.2, 0.25) is 0 Å². The van der Waals surface area contributed by atoms with Gasteiger partial charge in [-0.3, -0.25) is 4.79 Å². The smallest absolute Gasteiger partial charge is 0.267 e. The summed E-state index contributed by atoms with van der Waals surface area (Å²) in [5.41, 5.74) is 5.85. The first-order chi connectivity index (χ1) is 8.54. The van der Waals surface area contributed by atoms with Gasteiger partial charge in [0.05, 0.1) is 11.6 Å². The lowest BCUT2D eigenvalue weighted by Gasteiger charge is -2.29. The molecule has 0 saturated carbocycles. The Labute approximate surface area is 131 Å². The number of amides is 1. The Bertz CT molecular complexity index is 459. The summed E-state index contributed by atoms with van der Waals surface area (Å²) in [7, 11) is 1.59. The van der Waals surface area contributed by atoms with E-state index in [1.807, 2.05) is 11.8 Å². The molecule has 0 atom stereocenters. The Morgan fingerprint density at radius 1 is 1.47 bits per heavy atom. The van der Waals surface area contributed by atoms with Gasteiger partial charge in [0.1, 0.15) is 4.88 Å². The zero-order valence-corrected chi connectivity index (χ0v) is 14.2. The van der Waals surface area contributed by atoms with E-state index in [2.05, 4.69) is 15.9 Å². The maximum absolute atomic E-state index is 12.4. The molecule has 1 aromatic rings. The fraction of sp³-hybridized carbons (Fsp3) is 0.583. The van der Waals surface area contributed by atoms with Gasteiger partial charge in [0.2, 0.25) is 0 Å². The number of halogens is 2. The van der Waals surface area contributed by atoms with E-state index in [4.69, 9.17) is 10.5 Å². The number of piperidine rings is 1. The number of likely N-dealkylation sites (tertiary alicyclic amines) is 1. The van der Waals surface area contributed by atoms with E-state index in [0.717, 1.165) is 35.3 Å². The zero-order chi connectivity index (χ0) is 13.3. The van der Waals surface area contributed by atoms with Crippen LogP contribution in [0.5, 0.6) is 5.75 Å². The number of carbonyl (C=O) groups excluding carboxylic acids is 1. The van der Waals surface area contributed by atoms with E-state index < -0.39 is 0 Å². The zero-order valence-electron chi connectivity index (χ0n) is 10.9. The van der Waals surface area contributed by atoms with Crippen LogP contribution in [0.1, 0.15) is 27.4 Å². The van der Waals surface area contributed by atoms with Crippen LogP contribution in [0.25, 0.3) is 0 Å². The number of hydrogen-bond acceptors (Lipinski definition) is 4. The molecule has 0 spiro atoms. The topological polar surface area (TPSA) is 55.6 Å². The predicted octanol–water partition coefficient (Wildman–Crippen LogP) is 2.81. The van der Waals surface area contributed by atoms with Crippen LogP contribution in [-0.2, 0) is 0 Å². The van der Waals surface area contributed by atoms with Crippen LogP contribution in [0.4, 0.5) is 0 Å². The molecule has 0 unspecified atom stereocenters. The standard InChI is InChI=1S/C12H17BrN2O2S.ClH/c1-7-9(13)10(17-2)11(18-7)12(16)15-5-3-8(14)4-6-15;/h8H,3-6,14H2,1-2H3;1H. The maximum Gasteiger partial charge on any atom is 0.267 e. The molecule has 108 valence electrons. The van der Waals surface area contributed by atoms with Crippen LogP contribution in [0, 0.1) is 6.92 Å². The first-order valence-electron chi connectivity index (χ1n) is 5.92. The molecule has 2 heterocycles. The molecule has 19 heavy (non-hydrogen) atoms. The minimum absolute atomic E-state index is 0. The third-order valence-electron chi connectivity index (χ3n) is 3.20. The molecule has 1 fully saturated rings. The van der Waals surface area contributed by atoms with Crippen molar-refractivity contribution in [2.75, 3.05) is 20.2 Å². The van der Waals surface area contributed by atoms with Crippen molar-refractivity contribution in [1.82, 2.24) is 4.90 Å². The molecular weight excluding hydrogens is 352 g/mol. The number of nitrogens with zero attached hydrogens (tertiary/aromatic N) is 1. The van der Waals surface area contributed by atoms with Crippen molar-refractivity contribution in [1.29, 1.82) is 0 Å². The minimum Gasteiger partial charge on any atom is -0.494 e. The second kappa shape index (κ2) is 6.92. The highest BCUT2D eigenvalue weighted by molar-refractivity contribution is 9.10. The fourth-order valence-electron chi connectivity index (χ4n) is 2.07.